The van der Waals surface area contributed by atoms with Gasteiger partial charge in [-0.15, -0.1) is 0 Å². The summed E-state index contributed by atoms with van der Waals surface area (Å²) in [5, 5.41) is 13.2. The largest absolute Gasteiger partial charge is 0.478 e. The second kappa shape index (κ2) is 5.37. The van der Waals surface area contributed by atoms with Crippen molar-refractivity contribution in [3.05, 3.63) is 51.7 Å². The van der Waals surface area contributed by atoms with Crippen LogP contribution in [0.15, 0.2) is 41.1 Å². The Labute approximate surface area is 117 Å². The molecule has 0 aliphatic heterocycles. The second-order valence-corrected chi connectivity index (χ2v) is 4.81. The number of carbonyl (C=O) groups is 1. The van der Waals surface area contributed by atoms with Crippen molar-refractivity contribution in [2.75, 3.05) is 0 Å². The quantitative estimate of drug-likeness (QED) is 0.879. The Morgan fingerprint density at radius 2 is 2.28 bits per heavy atom. The van der Waals surface area contributed by atoms with Gasteiger partial charge in [0.1, 0.15) is 0 Å². The van der Waals surface area contributed by atoms with Gasteiger partial charge in [-0.1, -0.05) is 17.7 Å². The Kier molecular flexibility index (Phi) is 3.84. The molecule has 1 heterocycles. The summed E-state index contributed by atoms with van der Waals surface area (Å²) in [6, 6.07) is 5.24. The summed E-state index contributed by atoms with van der Waals surface area (Å²) in [5.41, 5.74) is 1.45. The second-order valence-electron chi connectivity index (χ2n) is 3.49. The zero-order valence-electron chi connectivity index (χ0n) is 9.05. The van der Waals surface area contributed by atoms with Gasteiger partial charge in [-0.05, 0) is 39.7 Å². The van der Waals surface area contributed by atoms with Crippen LogP contribution in [0.2, 0.25) is 5.02 Å². The summed E-state index contributed by atoms with van der Waals surface area (Å²) in [6.45, 7) is 0. The predicted molar refractivity (Wildman–Crippen MR) is 72.9 cm³/mol. The standard InChI is InChI=1S/C12H8BrClN2O2/c13-9-6-15-16(7-9)11-3-1-8(5-10(11)14)2-4-12(17)18/h1-7H,(H,17,18)/b4-2+. The molecule has 0 atom stereocenters. The summed E-state index contributed by atoms with van der Waals surface area (Å²) in [6.07, 6.45) is 6.00. The SMILES string of the molecule is O=C(O)/C=C/c1ccc(-n2cc(Br)cn2)c(Cl)c1. The highest BCUT2D eigenvalue weighted by atomic mass is 79.9. The van der Waals surface area contributed by atoms with Crippen LogP contribution in [0.5, 0.6) is 0 Å². The van der Waals surface area contributed by atoms with Crippen molar-refractivity contribution in [2.45, 2.75) is 0 Å². The molecule has 18 heavy (non-hydrogen) atoms. The summed E-state index contributed by atoms with van der Waals surface area (Å²) >= 11 is 9.44. The lowest BCUT2D eigenvalue weighted by atomic mass is 10.2. The molecule has 0 unspecified atom stereocenters. The van der Waals surface area contributed by atoms with Crippen molar-refractivity contribution in [3.8, 4) is 5.69 Å². The molecule has 0 saturated carbocycles. The highest BCUT2D eigenvalue weighted by molar-refractivity contribution is 9.10. The van der Waals surface area contributed by atoms with E-state index in [1.165, 1.54) is 6.08 Å². The van der Waals surface area contributed by atoms with Gasteiger partial charge in [-0.3, -0.25) is 0 Å². The molecule has 0 spiro atoms. The fraction of sp³-hybridized carbons (Fsp3) is 0. The van der Waals surface area contributed by atoms with Gasteiger partial charge in [0.05, 0.1) is 21.4 Å². The van der Waals surface area contributed by atoms with Gasteiger partial charge in [0.25, 0.3) is 0 Å². The molecule has 0 bridgehead atoms. The molecule has 1 aromatic carbocycles. The van der Waals surface area contributed by atoms with Gasteiger partial charge in [-0.2, -0.15) is 5.10 Å². The Bertz CT molecular complexity index is 622. The average molecular weight is 328 g/mol. The van der Waals surface area contributed by atoms with Crippen LogP contribution >= 0.6 is 27.5 Å². The van der Waals surface area contributed by atoms with E-state index in [1.54, 1.807) is 35.3 Å². The van der Waals surface area contributed by atoms with Crippen molar-refractivity contribution in [2.24, 2.45) is 0 Å². The first-order valence-electron chi connectivity index (χ1n) is 4.97. The molecule has 0 fully saturated rings. The number of rotatable bonds is 3. The van der Waals surface area contributed by atoms with Crippen LogP contribution in [0.1, 0.15) is 5.56 Å². The van der Waals surface area contributed by atoms with E-state index < -0.39 is 5.97 Å². The molecule has 2 rings (SSSR count). The van der Waals surface area contributed by atoms with E-state index in [4.69, 9.17) is 16.7 Å². The average Bonchev–Trinajstić information content (AvgIpc) is 2.73. The van der Waals surface area contributed by atoms with Gasteiger partial charge >= 0.3 is 5.97 Å². The smallest absolute Gasteiger partial charge is 0.328 e. The Balaban J connectivity index is 2.33. The Morgan fingerprint density at radius 3 is 2.83 bits per heavy atom. The first-order valence-corrected chi connectivity index (χ1v) is 6.14. The normalized spacial score (nSPS) is 11.0. The third-order valence-electron chi connectivity index (χ3n) is 2.19. The number of carboxylic acids is 1. The lowest BCUT2D eigenvalue weighted by Gasteiger charge is -2.04. The van der Waals surface area contributed by atoms with Crippen LogP contribution in [-0.4, -0.2) is 20.9 Å². The van der Waals surface area contributed by atoms with E-state index in [2.05, 4.69) is 21.0 Å². The first-order chi connectivity index (χ1) is 8.56. The topological polar surface area (TPSA) is 55.1 Å². The molecule has 0 aliphatic rings. The Hall–Kier alpha value is -1.59. The summed E-state index contributed by atoms with van der Waals surface area (Å²) in [7, 11) is 0. The van der Waals surface area contributed by atoms with Crippen molar-refractivity contribution in [1.29, 1.82) is 0 Å². The monoisotopic (exact) mass is 326 g/mol. The van der Waals surface area contributed by atoms with Gasteiger partial charge in [0.15, 0.2) is 0 Å². The Morgan fingerprint density at radius 1 is 1.50 bits per heavy atom. The number of aromatic nitrogens is 2. The molecule has 2 aromatic rings. The van der Waals surface area contributed by atoms with Crippen LogP contribution in [0, 0.1) is 0 Å². The number of hydrogen-bond donors (Lipinski definition) is 1. The molecular formula is C12H8BrClN2O2. The van der Waals surface area contributed by atoms with Crippen molar-refractivity contribution in [3.63, 3.8) is 0 Å². The fourth-order valence-electron chi connectivity index (χ4n) is 1.41. The summed E-state index contributed by atoms with van der Waals surface area (Å²) in [5.74, 6) is -0.994. The van der Waals surface area contributed by atoms with E-state index >= 15 is 0 Å². The van der Waals surface area contributed by atoms with Crippen molar-refractivity contribution in [1.82, 2.24) is 9.78 Å². The lowest BCUT2D eigenvalue weighted by Crippen LogP contribution is -1.95. The van der Waals surface area contributed by atoms with E-state index in [9.17, 15) is 4.79 Å². The molecule has 4 nitrogen and oxygen atoms in total. The number of aliphatic carboxylic acids is 1. The molecule has 0 radical (unpaired) electrons. The lowest BCUT2D eigenvalue weighted by molar-refractivity contribution is -0.131. The van der Waals surface area contributed by atoms with Crippen LogP contribution < -0.4 is 0 Å². The molecule has 6 heteroatoms. The minimum Gasteiger partial charge on any atom is -0.478 e. The van der Waals surface area contributed by atoms with Crippen LogP contribution in [0.25, 0.3) is 11.8 Å². The first kappa shape index (κ1) is 12.9. The number of carboxylic acid groups (broad SMARTS) is 1. The molecule has 0 amide bonds. The fourth-order valence-corrected chi connectivity index (χ4v) is 1.97. The molecular weight excluding hydrogens is 320 g/mol. The minimum atomic E-state index is -0.994. The predicted octanol–water partition coefficient (Wildman–Crippen LogP) is 3.39. The van der Waals surface area contributed by atoms with Crippen LogP contribution in [0.4, 0.5) is 0 Å². The van der Waals surface area contributed by atoms with Gasteiger partial charge in [-0.25, -0.2) is 9.48 Å². The maximum Gasteiger partial charge on any atom is 0.328 e. The molecule has 0 aliphatic carbocycles. The van der Waals surface area contributed by atoms with Crippen molar-refractivity contribution < 1.29 is 9.90 Å². The minimum absolute atomic E-state index is 0.498. The van der Waals surface area contributed by atoms with E-state index in [0.29, 0.717) is 5.02 Å². The number of nitrogens with zero attached hydrogens (tertiary/aromatic N) is 2. The molecule has 92 valence electrons. The highest BCUT2D eigenvalue weighted by Crippen LogP contribution is 2.23. The van der Waals surface area contributed by atoms with Gasteiger partial charge in [0, 0.05) is 12.3 Å². The number of hydrogen-bond acceptors (Lipinski definition) is 2. The summed E-state index contributed by atoms with van der Waals surface area (Å²) in [4.78, 5) is 10.4. The molecule has 0 saturated heterocycles. The summed E-state index contributed by atoms with van der Waals surface area (Å²) < 4.78 is 2.49. The van der Waals surface area contributed by atoms with E-state index in [1.807, 2.05) is 0 Å². The third kappa shape index (κ3) is 3.00. The van der Waals surface area contributed by atoms with Crippen LogP contribution in [-0.2, 0) is 4.79 Å². The maximum absolute atomic E-state index is 10.4. The third-order valence-corrected chi connectivity index (χ3v) is 2.90. The van der Waals surface area contributed by atoms with E-state index in [-0.39, 0.29) is 0 Å². The van der Waals surface area contributed by atoms with Gasteiger partial charge < -0.3 is 5.11 Å². The molecule has 1 N–H and O–H groups in total. The number of benzene rings is 1. The number of halogens is 2. The van der Waals surface area contributed by atoms with Gasteiger partial charge in [0.2, 0.25) is 0 Å². The highest BCUT2D eigenvalue weighted by Gasteiger charge is 2.04. The van der Waals surface area contributed by atoms with Crippen molar-refractivity contribution >= 4 is 39.6 Å². The maximum atomic E-state index is 10.4. The van der Waals surface area contributed by atoms with Crippen LogP contribution in [0.3, 0.4) is 0 Å². The zero-order valence-corrected chi connectivity index (χ0v) is 11.4. The molecule has 1 aromatic heterocycles. The zero-order chi connectivity index (χ0) is 13.1. The van der Waals surface area contributed by atoms with E-state index in [0.717, 1.165) is 21.8 Å².